The maximum absolute atomic E-state index is 12.1. The zero-order valence-electron chi connectivity index (χ0n) is 11.6. The molecular weight excluding hydrogens is 242 g/mol. The van der Waals surface area contributed by atoms with Crippen LogP contribution in [0.3, 0.4) is 0 Å². The Hall–Kier alpha value is -1.59. The molecule has 1 aliphatic heterocycles. The fourth-order valence-corrected chi connectivity index (χ4v) is 2.00. The highest BCUT2D eigenvalue weighted by Crippen LogP contribution is 2.12. The van der Waals surface area contributed by atoms with Crippen LogP contribution in [0.15, 0.2) is 24.3 Å². The first kappa shape index (κ1) is 13.8. The van der Waals surface area contributed by atoms with Crippen LogP contribution in [0.5, 0.6) is 5.75 Å². The van der Waals surface area contributed by atoms with Crippen molar-refractivity contribution < 1.29 is 9.53 Å². The maximum Gasteiger partial charge on any atom is 0.265 e. The molecule has 1 fully saturated rings. The molecule has 1 aromatic carbocycles. The van der Waals surface area contributed by atoms with Crippen molar-refractivity contribution in [3.8, 4) is 5.75 Å². The summed E-state index contributed by atoms with van der Waals surface area (Å²) in [6.45, 7) is 6.24. The highest BCUT2D eigenvalue weighted by Gasteiger charge is 2.16. The van der Waals surface area contributed by atoms with Gasteiger partial charge in [-0.05, 0) is 38.2 Å². The van der Waals surface area contributed by atoms with Crippen LogP contribution in [0.1, 0.15) is 17.3 Å². The van der Waals surface area contributed by atoms with Crippen LogP contribution in [0, 0.1) is 0 Å². The van der Waals surface area contributed by atoms with Crippen molar-refractivity contribution in [2.45, 2.75) is 6.92 Å². The summed E-state index contributed by atoms with van der Waals surface area (Å²) in [5.41, 5.74) is 3.59. The molecule has 1 aliphatic rings. The zero-order chi connectivity index (χ0) is 13.7. The van der Waals surface area contributed by atoms with Crippen molar-refractivity contribution in [2.75, 3.05) is 39.8 Å². The third kappa shape index (κ3) is 3.94. The molecule has 5 heteroatoms. The maximum atomic E-state index is 12.1. The summed E-state index contributed by atoms with van der Waals surface area (Å²) in [4.78, 5) is 14.3. The second-order valence-electron chi connectivity index (χ2n) is 4.69. The normalized spacial score (nSPS) is 17.2. The van der Waals surface area contributed by atoms with Crippen molar-refractivity contribution in [1.82, 2.24) is 15.3 Å². The predicted molar refractivity (Wildman–Crippen MR) is 74.1 cm³/mol. The Morgan fingerprint density at radius 2 is 1.84 bits per heavy atom. The molecule has 19 heavy (non-hydrogen) atoms. The lowest BCUT2D eigenvalue weighted by molar-refractivity contribution is 0.0662. The lowest BCUT2D eigenvalue weighted by atomic mass is 10.2. The van der Waals surface area contributed by atoms with E-state index in [0.717, 1.165) is 31.9 Å². The molecule has 1 N–H and O–H groups in total. The van der Waals surface area contributed by atoms with E-state index in [9.17, 15) is 4.79 Å². The molecule has 1 amide bonds. The van der Waals surface area contributed by atoms with Gasteiger partial charge in [-0.3, -0.25) is 10.2 Å². The van der Waals surface area contributed by atoms with Crippen molar-refractivity contribution in [2.24, 2.45) is 0 Å². The topological polar surface area (TPSA) is 44.8 Å². The minimum atomic E-state index is -0.0624. The van der Waals surface area contributed by atoms with E-state index >= 15 is 0 Å². The monoisotopic (exact) mass is 263 g/mol. The second kappa shape index (κ2) is 6.54. The van der Waals surface area contributed by atoms with Crippen molar-refractivity contribution in [3.63, 3.8) is 0 Å². The Morgan fingerprint density at radius 3 is 2.42 bits per heavy atom. The van der Waals surface area contributed by atoms with Crippen molar-refractivity contribution >= 4 is 5.91 Å². The molecule has 0 aliphatic carbocycles. The number of benzene rings is 1. The smallest absolute Gasteiger partial charge is 0.265 e. The molecule has 104 valence electrons. The first-order valence-corrected chi connectivity index (χ1v) is 6.66. The SMILES string of the molecule is CCOc1ccc(C(=O)NN2CCN(C)CC2)cc1. The third-order valence-corrected chi connectivity index (χ3v) is 3.19. The molecule has 0 aromatic heterocycles. The average Bonchev–Trinajstić information content (AvgIpc) is 2.42. The van der Waals surface area contributed by atoms with Gasteiger partial charge in [-0.1, -0.05) is 0 Å². The van der Waals surface area contributed by atoms with Gasteiger partial charge in [0.2, 0.25) is 0 Å². The van der Waals surface area contributed by atoms with Gasteiger partial charge in [-0.2, -0.15) is 0 Å². The van der Waals surface area contributed by atoms with E-state index in [-0.39, 0.29) is 5.91 Å². The van der Waals surface area contributed by atoms with Gasteiger partial charge < -0.3 is 9.64 Å². The Kier molecular flexibility index (Phi) is 4.76. The summed E-state index contributed by atoms with van der Waals surface area (Å²) >= 11 is 0. The molecule has 1 aromatic rings. The van der Waals surface area contributed by atoms with E-state index in [1.807, 2.05) is 24.1 Å². The number of piperazine rings is 1. The zero-order valence-corrected chi connectivity index (χ0v) is 11.6. The highest BCUT2D eigenvalue weighted by molar-refractivity contribution is 5.93. The van der Waals surface area contributed by atoms with Gasteiger partial charge in [-0.15, -0.1) is 0 Å². The van der Waals surface area contributed by atoms with Crippen LogP contribution in [0.25, 0.3) is 0 Å². The Morgan fingerprint density at radius 1 is 1.21 bits per heavy atom. The first-order chi connectivity index (χ1) is 9.19. The molecule has 5 nitrogen and oxygen atoms in total. The Bertz CT molecular complexity index is 411. The fourth-order valence-electron chi connectivity index (χ4n) is 2.00. The summed E-state index contributed by atoms with van der Waals surface area (Å²) in [6, 6.07) is 7.22. The predicted octanol–water partition coefficient (Wildman–Crippen LogP) is 0.977. The number of hydrazine groups is 1. The third-order valence-electron chi connectivity index (χ3n) is 3.19. The minimum absolute atomic E-state index is 0.0624. The van der Waals surface area contributed by atoms with Crippen LogP contribution in [-0.2, 0) is 0 Å². The van der Waals surface area contributed by atoms with Crippen molar-refractivity contribution in [1.29, 1.82) is 0 Å². The summed E-state index contributed by atoms with van der Waals surface area (Å²) in [6.07, 6.45) is 0. The average molecular weight is 263 g/mol. The number of hydrogen-bond acceptors (Lipinski definition) is 4. The molecule has 1 saturated heterocycles. The molecule has 0 saturated carbocycles. The van der Waals surface area contributed by atoms with Gasteiger partial charge in [0.05, 0.1) is 6.61 Å². The molecule has 0 unspecified atom stereocenters. The number of hydrogen-bond donors (Lipinski definition) is 1. The molecular formula is C14H21N3O2. The molecule has 0 bridgehead atoms. The molecule has 0 spiro atoms. The highest BCUT2D eigenvalue weighted by atomic mass is 16.5. The number of nitrogens with zero attached hydrogens (tertiary/aromatic N) is 2. The molecule has 0 atom stereocenters. The number of carbonyl (C=O) groups is 1. The molecule has 2 rings (SSSR count). The van der Waals surface area contributed by atoms with Crippen LogP contribution in [0.2, 0.25) is 0 Å². The van der Waals surface area contributed by atoms with E-state index in [0.29, 0.717) is 12.2 Å². The number of ether oxygens (including phenoxy) is 1. The Labute approximate surface area is 114 Å². The number of rotatable bonds is 4. The van der Waals surface area contributed by atoms with Crippen molar-refractivity contribution in [3.05, 3.63) is 29.8 Å². The van der Waals surface area contributed by atoms with E-state index in [1.54, 1.807) is 12.1 Å². The minimum Gasteiger partial charge on any atom is -0.494 e. The number of likely N-dealkylation sites (N-methyl/N-ethyl adjacent to an activating group) is 1. The lowest BCUT2D eigenvalue weighted by Gasteiger charge is -2.32. The lowest BCUT2D eigenvalue weighted by Crippen LogP contribution is -2.52. The molecule has 0 radical (unpaired) electrons. The summed E-state index contributed by atoms with van der Waals surface area (Å²) in [7, 11) is 2.09. The second-order valence-corrected chi connectivity index (χ2v) is 4.69. The van der Waals surface area contributed by atoms with Gasteiger partial charge in [0, 0.05) is 31.7 Å². The van der Waals surface area contributed by atoms with E-state index in [1.165, 1.54) is 0 Å². The summed E-state index contributed by atoms with van der Waals surface area (Å²) in [5, 5.41) is 1.97. The largest absolute Gasteiger partial charge is 0.494 e. The van der Waals surface area contributed by atoms with E-state index in [4.69, 9.17) is 4.74 Å². The molecule has 1 heterocycles. The standard InChI is InChI=1S/C14H21N3O2/c1-3-19-13-6-4-12(5-7-13)14(18)15-17-10-8-16(2)9-11-17/h4-7H,3,8-11H2,1-2H3,(H,15,18). The van der Waals surface area contributed by atoms with Gasteiger partial charge in [0.15, 0.2) is 0 Å². The summed E-state index contributed by atoms with van der Waals surface area (Å²) < 4.78 is 5.35. The number of carbonyl (C=O) groups excluding carboxylic acids is 1. The van der Waals surface area contributed by atoms with Gasteiger partial charge in [-0.25, -0.2) is 5.01 Å². The van der Waals surface area contributed by atoms with Crippen LogP contribution >= 0.6 is 0 Å². The van der Waals surface area contributed by atoms with Gasteiger partial charge >= 0.3 is 0 Å². The van der Waals surface area contributed by atoms with Crippen LogP contribution in [-0.4, -0.2) is 55.6 Å². The number of nitrogens with one attached hydrogen (secondary N) is 1. The first-order valence-electron chi connectivity index (χ1n) is 6.66. The van der Waals surface area contributed by atoms with Crippen LogP contribution < -0.4 is 10.2 Å². The van der Waals surface area contributed by atoms with E-state index in [2.05, 4.69) is 17.4 Å². The number of amides is 1. The van der Waals surface area contributed by atoms with Crippen LogP contribution in [0.4, 0.5) is 0 Å². The van der Waals surface area contributed by atoms with Gasteiger partial charge in [0.1, 0.15) is 5.75 Å². The quantitative estimate of drug-likeness (QED) is 0.879. The van der Waals surface area contributed by atoms with Gasteiger partial charge in [0.25, 0.3) is 5.91 Å². The fraction of sp³-hybridized carbons (Fsp3) is 0.500. The summed E-state index contributed by atoms with van der Waals surface area (Å²) in [5.74, 6) is 0.728. The Balaban J connectivity index is 1.88. The van der Waals surface area contributed by atoms with E-state index < -0.39 is 0 Å².